The summed E-state index contributed by atoms with van der Waals surface area (Å²) in [7, 11) is 0. The molecule has 220 valence electrons. The van der Waals surface area contributed by atoms with E-state index < -0.39 is 35.2 Å². The van der Waals surface area contributed by atoms with Crippen LogP contribution in [0.5, 0.6) is 5.75 Å². The Labute approximate surface area is 239 Å². The van der Waals surface area contributed by atoms with E-state index in [9.17, 15) is 19.5 Å². The molecule has 0 heterocycles. The third-order valence-electron chi connectivity index (χ3n) is 7.35. The number of nitrogens with one attached hydrogen (secondary N) is 2. The number of ether oxygens (including phenoxy) is 1. The molecule has 3 unspecified atom stereocenters. The summed E-state index contributed by atoms with van der Waals surface area (Å²) in [4.78, 5) is 43.2. The van der Waals surface area contributed by atoms with E-state index >= 15 is 0 Å². The highest BCUT2D eigenvalue weighted by molar-refractivity contribution is 6.00. The average molecular weight is 554 g/mol. The maximum atomic E-state index is 14.5. The lowest BCUT2D eigenvalue weighted by molar-refractivity contribution is -0.148. The molecule has 40 heavy (non-hydrogen) atoms. The number of anilines is 1. The van der Waals surface area contributed by atoms with Crippen molar-refractivity contribution in [1.29, 1.82) is 0 Å². The van der Waals surface area contributed by atoms with Crippen LogP contribution in [-0.4, -0.2) is 45.1 Å². The van der Waals surface area contributed by atoms with E-state index in [1.807, 2.05) is 66.7 Å². The minimum atomic E-state index is -1.05. The predicted molar refractivity (Wildman–Crippen MR) is 159 cm³/mol. The topological polar surface area (TPSA) is 108 Å². The number of phenolic OH excluding ortho intramolecular Hbond substituents is 1. The monoisotopic (exact) mass is 553 g/mol. The largest absolute Gasteiger partial charge is 0.508 e. The molecule has 3 N–H and O–H groups in total. The number of carbonyl (C=O) groups is 3. The van der Waals surface area contributed by atoms with Gasteiger partial charge in [-0.2, -0.15) is 0 Å². The van der Waals surface area contributed by atoms with Crippen molar-refractivity contribution < 1.29 is 24.2 Å². The van der Waals surface area contributed by atoms with Crippen LogP contribution < -0.4 is 10.6 Å². The van der Waals surface area contributed by atoms with Crippen molar-refractivity contribution in [2.45, 2.75) is 105 Å². The Morgan fingerprint density at radius 1 is 0.950 bits per heavy atom. The number of hydrogen-bond acceptors (Lipinski definition) is 5. The van der Waals surface area contributed by atoms with Gasteiger partial charge in [0.2, 0.25) is 5.91 Å². The van der Waals surface area contributed by atoms with Crippen LogP contribution >= 0.6 is 0 Å². The van der Waals surface area contributed by atoms with E-state index in [2.05, 4.69) is 10.6 Å². The van der Waals surface area contributed by atoms with Crippen LogP contribution in [0.3, 0.4) is 0 Å². The molecule has 8 nitrogen and oxygen atoms in total. The summed E-state index contributed by atoms with van der Waals surface area (Å²) in [5.41, 5.74) is 1.50. The van der Waals surface area contributed by atoms with Crippen molar-refractivity contribution in [2.75, 3.05) is 5.32 Å². The molecular weight excluding hydrogens is 506 g/mol. The number of nitrogens with zero attached hydrogens (tertiary/aromatic N) is 1. The number of phenols is 1. The molecule has 0 aliphatic carbocycles. The fourth-order valence-corrected chi connectivity index (χ4v) is 4.49. The Balaban J connectivity index is 2.69. The molecule has 0 bridgehead atoms. The normalized spacial score (nSPS) is 14.1. The van der Waals surface area contributed by atoms with Crippen LogP contribution in [0.15, 0.2) is 42.5 Å². The van der Waals surface area contributed by atoms with Crippen molar-refractivity contribution in [3.63, 3.8) is 0 Å². The number of benzene rings is 2. The molecule has 3 amide bonds. The second kappa shape index (κ2) is 13.2. The van der Waals surface area contributed by atoms with Gasteiger partial charge in [-0.15, -0.1) is 0 Å². The van der Waals surface area contributed by atoms with Gasteiger partial charge < -0.3 is 25.4 Å². The lowest BCUT2D eigenvalue weighted by atomic mass is 9.89. The van der Waals surface area contributed by atoms with E-state index in [-0.39, 0.29) is 17.6 Å². The second-order valence-corrected chi connectivity index (χ2v) is 12.1. The highest BCUT2D eigenvalue weighted by atomic mass is 16.6. The summed E-state index contributed by atoms with van der Waals surface area (Å²) < 4.78 is 5.49. The zero-order valence-electron chi connectivity index (χ0n) is 25.7. The highest BCUT2D eigenvalue weighted by Crippen LogP contribution is 2.35. The first-order valence-electron chi connectivity index (χ1n) is 14.0. The van der Waals surface area contributed by atoms with Gasteiger partial charge in [-0.25, -0.2) is 4.79 Å². The van der Waals surface area contributed by atoms with Crippen molar-refractivity contribution in [2.24, 2.45) is 5.92 Å². The molecule has 0 spiro atoms. The standard InChI is InChI=1S/C32H47N3O5/c1-11-20(3)26(34-30(39)40-31(6,7)8)29(38)35(32(9,10)12-2)27(23-16-18-24(36)19-17-23)28(37)33-25-21(4)14-13-15-22(25)5/h13-20,26-27,36H,11-12H2,1-10H3,(H,33,37)(H,34,39). The molecular formula is C32H47N3O5. The van der Waals surface area contributed by atoms with E-state index in [1.165, 1.54) is 12.1 Å². The molecule has 0 saturated carbocycles. The molecule has 0 radical (unpaired) electrons. The maximum absolute atomic E-state index is 14.5. The maximum Gasteiger partial charge on any atom is 0.408 e. The van der Waals surface area contributed by atoms with Gasteiger partial charge in [-0.1, -0.05) is 57.5 Å². The van der Waals surface area contributed by atoms with Crippen LogP contribution in [0.4, 0.5) is 10.5 Å². The Kier molecular flexibility index (Phi) is 10.8. The fraction of sp³-hybridized carbons (Fsp3) is 0.531. The number of rotatable bonds is 10. The van der Waals surface area contributed by atoms with Crippen LogP contribution in [0.1, 0.15) is 91.0 Å². The average Bonchev–Trinajstić information content (AvgIpc) is 2.86. The second-order valence-electron chi connectivity index (χ2n) is 12.1. The van der Waals surface area contributed by atoms with Gasteiger partial charge in [0.25, 0.3) is 5.91 Å². The first kappa shape index (κ1) is 32.7. The molecule has 0 aliphatic rings. The molecule has 2 aromatic carbocycles. The summed E-state index contributed by atoms with van der Waals surface area (Å²) in [6, 6.07) is 10.1. The molecule has 3 atom stereocenters. The van der Waals surface area contributed by atoms with Crippen LogP contribution in [0.2, 0.25) is 0 Å². The molecule has 2 aromatic rings. The number of alkyl carbamates (subject to hydrolysis) is 1. The molecule has 2 rings (SSSR count). The molecule has 0 saturated heterocycles. The summed E-state index contributed by atoms with van der Waals surface area (Å²) in [6.45, 7) is 18.7. The quantitative estimate of drug-likeness (QED) is 0.305. The zero-order valence-corrected chi connectivity index (χ0v) is 25.7. The van der Waals surface area contributed by atoms with Gasteiger partial charge in [-0.05, 0) is 89.6 Å². The lowest BCUT2D eigenvalue weighted by Gasteiger charge is -2.45. The zero-order chi connectivity index (χ0) is 30.4. The molecule has 0 aromatic heterocycles. The van der Waals surface area contributed by atoms with Crippen molar-refractivity contribution in [3.05, 3.63) is 59.2 Å². The van der Waals surface area contributed by atoms with Gasteiger partial charge in [0.15, 0.2) is 0 Å². The van der Waals surface area contributed by atoms with E-state index in [0.29, 0.717) is 24.1 Å². The Morgan fingerprint density at radius 3 is 1.98 bits per heavy atom. The van der Waals surface area contributed by atoms with Crippen LogP contribution in [0, 0.1) is 19.8 Å². The van der Waals surface area contributed by atoms with Gasteiger partial charge in [-0.3, -0.25) is 9.59 Å². The number of aryl methyl sites for hydroxylation is 2. The Morgan fingerprint density at radius 2 is 1.50 bits per heavy atom. The summed E-state index contributed by atoms with van der Waals surface area (Å²) >= 11 is 0. The van der Waals surface area contributed by atoms with Crippen molar-refractivity contribution in [1.82, 2.24) is 10.2 Å². The summed E-state index contributed by atoms with van der Waals surface area (Å²) in [5, 5.41) is 15.9. The van der Waals surface area contributed by atoms with Crippen LogP contribution in [-0.2, 0) is 14.3 Å². The predicted octanol–water partition coefficient (Wildman–Crippen LogP) is 6.65. The minimum Gasteiger partial charge on any atom is -0.508 e. The van der Waals surface area contributed by atoms with Gasteiger partial charge >= 0.3 is 6.09 Å². The number of amides is 3. The number of para-hydroxylation sites is 1. The van der Waals surface area contributed by atoms with E-state index in [1.54, 1.807) is 37.8 Å². The number of hydrogen-bond donors (Lipinski definition) is 3. The first-order valence-corrected chi connectivity index (χ1v) is 14.0. The third-order valence-corrected chi connectivity index (χ3v) is 7.35. The van der Waals surface area contributed by atoms with Gasteiger partial charge in [0.05, 0.1) is 0 Å². The van der Waals surface area contributed by atoms with Gasteiger partial charge in [0.1, 0.15) is 23.4 Å². The SMILES string of the molecule is CCC(C)C(NC(=O)OC(C)(C)C)C(=O)N(C(C(=O)Nc1c(C)cccc1C)c1ccc(O)cc1)C(C)(C)CC. The van der Waals surface area contributed by atoms with Crippen molar-refractivity contribution >= 4 is 23.6 Å². The van der Waals surface area contributed by atoms with Crippen molar-refractivity contribution in [3.8, 4) is 5.75 Å². The number of carbonyl (C=O) groups excluding carboxylic acids is 3. The Bertz CT molecular complexity index is 1160. The molecule has 0 fully saturated rings. The fourth-order valence-electron chi connectivity index (χ4n) is 4.49. The van der Waals surface area contributed by atoms with E-state index in [4.69, 9.17) is 4.74 Å². The molecule has 8 heteroatoms. The highest BCUT2D eigenvalue weighted by Gasteiger charge is 2.44. The van der Waals surface area contributed by atoms with Gasteiger partial charge in [0, 0.05) is 11.2 Å². The first-order chi connectivity index (χ1) is 18.5. The lowest BCUT2D eigenvalue weighted by Crippen LogP contribution is -2.60. The summed E-state index contributed by atoms with van der Waals surface area (Å²) in [6.07, 6.45) is 0.468. The van der Waals surface area contributed by atoms with Crippen LogP contribution in [0.25, 0.3) is 0 Å². The molecule has 0 aliphatic heterocycles. The Hall–Kier alpha value is -3.55. The smallest absolute Gasteiger partial charge is 0.408 e. The third kappa shape index (κ3) is 8.23. The summed E-state index contributed by atoms with van der Waals surface area (Å²) in [5.74, 6) is -0.966. The number of aromatic hydroxyl groups is 1. The van der Waals surface area contributed by atoms with E-state index in [0.717, 1.165) is 11.1 Å². The minimum absolute atomic E-state index is 0.0503.